The van der Waals surface area contributed by atoms with Crippen LogP contribution in [-0.4, -0.2) is 17.1 Å². The molecule has 25 heavy (non-hydrogen) atoms. The van der Waals surface area contributed by atoms with E-state index in [-0.39, 0.29) is 0 Å². The van der Waals surface area contributed by atoms with Crippen molar-refractivity contribution in [1.29, 1.82) is 0 Å². The molecule has 2 aromatic heterocycles. The van der Waals surface area contributed by atoms with E-state index in [1.165, 1.54) is 5.56 Å². The number of thiophene rings is 1. The summed E-state index contributed by atoms with van der Waals surface area (Å²) in [4.78, 5) is 9.88. The highest BCUT2D eigenvalue weighted by Crippen LogP contribution is 2.36. The van der Waals surface area contributed by atoms with Crippen LogP contribution < -0.4 is 10.1 Å². The first-order valence-electron chi connectivity index (χ1n) is 8.00. The third-order valence-corrected chi connectivity index (χ3v) is 4.98. The van der Waals surface area contributed by atoms with E-state index in [1.807, 2.05) is 36.4 Å². The maximum Gasteiger partial charge on any atom is 0.139 e. The van der Waals surface area contributed by atoms with Gasteiger partial charge in [0.25, 0.3) is 0 Å². The number of hydrogen-bond donors (Lipinski definition) is 1. The molecule has 4 aromatic rings. The van der Waals surface area contributed by atoms with Crippen molar-refractivity contribution in [2.75, 3.05) is 12.4 Å². The summed E-state index contributed by atoms with van der Waals surface area (Å²) in [6.45, 7) is 0.639. The molecular weight excluding hydrogens is 330 g/mol. The fourth-order valence-corrected chi connectivity index (χ4v) is 3.78. The number of para-hydroxylation sites is 1. The molecule has 0 saturated heterocycles. The van der Waals surface area contributed by atoms with Crippen molar-refractivity contribution in [1.82, 2.24) is 9.97 Å². The van der Waals surface area contributed by atoms with Crippen LogP contribution in [0.3, 0.4) is 0 Å². The molecule has 0 fully saturated rings. The third kappa shape index (κ3) is 3.06. The van der Waals surface area contributed by atoms with E-state index in [0.29, 0.717) is 6.54 Å². The largest absolute Gasteiger partial charge is 0.496 e. The van der Waals surface area contributed by atoms with Crippen LogP contribution >= 0.6 is 11.3 Å². The molecule has 0 aliphatic heterocycles. The lowest BCUT2D eigenvalue weighted by atomic mass is 10.1. The Labute approximate surface area is 150 Å². The van der Waals surface area contributed by atoms with Gasteiger partial charge in [-0.2, -0.15) is 0 Å². The van der Waals surface area contributed by atoms with E-state index in [2.05, 4.69) is 38.9 Å². The second-order valence-electron chi connectivity index (χ2n) is 5.58. The van der Waals surface area contributed by atoms with E-state index in [1.54, 1.807) is 24.8 Å². The van der Waals surface area contributed by atoms with Gasteiger partial charge in [0, 0.05) is 23.1 Å². The van der Waals surface area contributed by atoms with Crippen molar-refractivity contribution in [3.8, 4) is 16.9 Å². The normalized spacial score (nSPS) is 10.8. The minimum Gasteiger partial charge on any atom is -0.496 e. The Bertz CT molecular complexity index is 998. The Morgan fingerprint density at radius 3 is 2.64 bits per heavy atom. The van der Waals surface area contributed by atoms with E-state index in [0.717, 1.165) is 32.9 Å². The fraction of sp³-hybridized carbons (Fsp3) is 0.100. The summed E-state index contributed by atoms with van der Waals surface area (Å²) in [5.41, 5.74) is 3.42. The van der Waals surface area contributed by atoms with Gasteiger partial charge in [-0.1, -0.05) is 48.5 Å². The lowest BCUT2D eigenvalue weighted by Crippen LogP contribution is -2.04. The summed E-state index contributed by atoms with van der Waals surface area (Å²) in [5, 5.41) is 6.66. The molecule has 0 saturated carbocycles. The van der Waals surface area contributed by atoms with Crippen LogP contribution in [0.5, 0.6) is 5.75 Å². The van der Waals surface area contributed by atoms with Crippen LogP contribution in [0, 0.1) is 0 Å². The molecule has 0 spiro atoms. The summed E-state index contributed by atoms with van der Waals surface area (Å²) < 4.78 is 5.43. The van der Waals surface area contributed by atoms with E-state index < -0.39 is 0 Å². The monoisotopic (exact) mass is 347 g/mol. The number of methoxy groups -OCH3 is 1. The van der Waals surface area contributed by atoms with Crippen LogP contribution in [0.4, 0.5) is 5.82 Å². The Balaban J connectivity index is 1.71. The van der Waals surface area contributed by atoms with Crippen molar-refractivity contribution in [3.05, 3.63) is 71.9 Å². The molecule has 0 radical (unpaired) electrons. The van der Waals surface area contributed by atoms with Crippen molar-refractivity contribution >= 4 is 27.4 Å². The second-order valence-corrected chi connectivity index (χ2v) is 6.44. The summed E-state index contributed by atoms with van der Waals surface area (Å²) in [7, 11) is 1.69. The smallest absolute Gasteiger partial charge is 0.139 e. The van der Waals surface area contributed by atoms with Gasteiger partial charge in [0.15, 0.2) is 0 Å². The van der Waals surface area contributed by atoms with Gasteiger partial charge in [-0.05, 0) is 11.6 Å². The molecular formula is C20H17N3OS. The zero-order valence-electron chi connectivity index (χ0n) is 13.8. The number of anilines is 1. The zero-order valence-corrected chi connectivity index (χ0v) is 14.6. The molecule has 2 heterocycles. The first-order valence-corrected chi connectivity index (χ1v) is 8.88. The van der Waals surface area contributed by atoms with Gasteiger partial charge in [0.05, 0.1) is 12.5 Å². The molecule has 4 rings (SSSR count). The predicted molar refractivity (Wildman–Crippen MR) is 103 cm³/mol. The molecule has 124 valence electrons. The van der Waals surface area contributed by atoms with Crippen LogP contribution in [0.25, 0.3) is 21.3 Å². The lowest BCUT2D eigenvalue weighted by Gasteiger charge is -2.11. The van der Waals surface area contributed by atoms with Crippen LogP contribution in [0.15, 0.2) is 66.3 Å². The summed E-state index contributed by atoms with van der Waals surface area (Å²) in [6, 6.07) is 18.3. The van der Waals surface area contributed by atoms with Crippen LogP contribution in [-0.2, 0) is 6.54 Å². The number of aromatic nitrogens is 2. The molecule has 0 atom stereocenters. The number of nitrogens with one attached hydrogen (secondary N) is 1. The van der Waals surface area contributed by atoms with E-state index >= 15 is 0 Å². The molecule has 1 N–H and O–H groups in total. The molecule has 0 amide bonds. The topological polar surface area (TPSA) is 47.0 Å². The number of ether oxygens (including phenoxy) is 1. The highest BCUT2D eigenvalue weighted by Gasteiger charge is 2.13. The molecule has 4 nitrogen and oxygen atoms in total. The Morgan fingerprint density at radius 2 is 1.80 bits per heavy atom. The minimum atomic E-state index is 0.639. The third-order valence-electron chi connectivity index (χ3n) is 4.09. The second kappa shape index (κ2) is 6.91. The van der Waals surface area contributed by atoms with Crippen LogP contribution in [0.2, 0.25) is 0 Å². The maximum atomic E-state index is 5.43. The molecule has 0 aliphatic carbocycles. The van der Waals surface area contributed by atoms with E-state index in [9.17, 15) is 0 Å². The Kier molecular flexibility index (Phi) is 4.31. The van der Waals surface area contributed by atoms with Crippen molar-refractivity contribution < 1.29 is 4.74 Å². The predicted octanol–water partition coefficient (Wildman–Crippen LogP) is 4.98. The molecule has 5 heteroatoms. The number of fused-ring (bicyclic) bond motifs is 1. The van der Waals surface area contributed by atoms with Gasteiger partial charge in [-0.25, -0.2) is 9.97 Å². The Hall–Kier alpha value is -2.92. The Morgan fingerprint density at radius 1 is 1.00 bits per heavy atom. The summed E-state index contributed by atoms with van der Waals surface area (Å²) >= 11 is 1.64. The molecule has 0 bridgehead atoms. The zero-order chi connectivity index (χ0) is 17.1. The highest BCUT2D eigenvalue weighted by molar-refractivity contribution is 7.17. The maximum absolute atomic E-state index is 5.43. The molecule has 0 unspecified atom stereocenters. The first-order chi connectivity index (χ1) is 12.4. The van der Waals surface area contributed by atoms with Gasteiger partial charge in [0.1, 0.15) is 22.7 Å². The van der Waals surface area contributed by atoms with Gasteiger partial charge < -0.3 is 10.1 Å². The minimum absolute atomic E-state index is 0.639. The van der Waals surface area contributed by atoms with Gasteiger partial charge >= 0.3 is 0 Å². The fourth-order valence-electron chi connectivity index (χ4n) is 2.87. The number of benzene rings is 2. The lowest BCUT2D eigenvalue weighted by molar-refractivity contribution is 0.410. The number of rotatable bonds is 5. The van der Waals surface area contributed by atoms with Crippen molar-refractivity contribution in [2.45, 2.75) is 6.54 Å². The van der Waals surface area contributed by atoms with Gasteiger partial charge in [-0.15, -0.1) is 11.3 Å². The SMILES string of the molecule is COc1ccccc1CNc1ncnc2scc(-c3ccccc3)c12. The van der Waals surface area contributed by atoms with Gasteiger partial charge in [-0.3, -0.25) is 0 Å². The van der Waals surface area contributed by atoms with E-state index in [4.69, 9.17) is 4.74 Å². The van der Waals surface area contributed by atoms with Crippen molar-refractivity contribution in [3.63, 3.8) is 0 Å². The van der Waals surface area contributed by atoms with Crippen LogP contribution in [0.1, 0.15) is 5.56 Å². The molecule has 2 aromatic carbocycles. The number of hydrogen-bond acceptors (Lipinski definition) is 5. The number of nitrogens with zero attached hydrogens (tertiary/aromatic N) is 2. The average molecular weight is 347 g/mol. The summed E-state index contributed by atoms with van der Waals surface area (Å²) in [5.74, 6) is 1.71. The highest BCUT2D eigenvalue weighted by atomic mass is 32.1. The van der Waals surface area contributed by atoms with Gasteiger partial charge in [0.2, 0.25) is 0 Å². The first kappa shape index (κ1) is 15.6. The standard InChI is InChI=1S/C20H17N3OS/c1-24-17-10-6-5-9-15(17)11-21-19-18-16(14-7-3-2-4-8-14)12-25-20(18)23-13-22-19/h2-10,12-13H,11H2,1H3,(H,21,22,23). The quantitative estimate of drug-likeness (QED) is 0.553. The van der Waals surface area contributed by atoms with Crippen molar-refractivity contribution in [2.24, 2.45) is 0 Å². The summed E-state index contributed by atoms with van der Waals surface area (Å²) in [6.07, 6.45) is 1.61. The average Bonchev–Trinajstić information content (AvgIpc) is 3.12. The molecule has 0 aliphatic rings.